The molecule has 1 unspecified atom stereocenters. The number of carbonyl (C=O) groups excluding carboxylic acids is 1. The van der Waals surface area contributed by atoms with Crippen molar-refractivity contribution in [3.63, 3.8) is 0 Å². The predicted octanol–water partition coefficient (Wildman–Crippen LogP) is 2.46. The number of hydrogen-bond acceptors (Lipinski definition) is 3. The molecule has 1 aliphatic rings. The lowest BCUT2D eigenvalue weighted by molar-refractivity contribution is -0.142. The van der Waals surface area contributed by atoms with E-state index in [0.717, 1.165) is 31.2 Å². The normalized spacial score (nSPS) is 23.6. The van der Waals surface area contributed by atoms with E-state index in [9.17, 15) is 14.7 Å². The van der Waals surface area contributed by atoms with Crippen molar-refractivity contribution in [3.8, 4) is 0 Å². The number of hydrogen-bond donors (Lipinski definition) is 3. The van der Waals surface area contributed by atoms with E-state index in [4.69, 9.17) is 0 Å². The zero-order valence-electron chi connectivity index (χ0n) is 12.6. The Bertz CT molecular complexity index is 532. The van der Waals surface area contributed by atoms with Crippen molar-refractivity contribution in [2.45, 2.75) is 44.6 Å². The summed E-state index contributed by atoms with van der Waals surface area (Å²) in [5.41, 5.74) is 2.39. The molecule has 0 saturated carbocycles. The highest BCUT2D eigenvalue weighted by Gasteiger charge is 2.24. The van der Waals surface area contributed by atoms with Crippen LogP contribution in [0.3, 0.4) is 0 Å². The number of carboxylic acid groups (broad SMARTS) is 1. The summed E-state index contributed by atoms with van der Waals surface area (Å²) in [6.07, 6.45) is 4.90. The zero-order valence-corrected chi connectivity index (χ0v) is 13.5. The third kappa shape index (κ3) is 4.77. The Morgan fingerprint density at radius 3 is 2.77 bits per heavy atom. The third-order valence-corrected chi connectivity index (χ3v) is 4.58. The van der Waals surface area contributed by atoms with E-state index in [2.05, 4.69) is 30.1 Å². The Kier molecular flexibility index (Phi) is 6.31. The van der Waals surface area contributed by atoms with Crippen molar-refractivity contribution >= 4 is 24.5 Å². The predicted molar refractivity (Wildman–Crippen MR) is 89.2 cm³/mol. The lowest BCUT2D eigenvalue weighted by atomic mass is 9.97. The summed E-state index contributed by atoms with van der Waals surface area (Å²) in [6.45, 7) is 0. The highest BCUT2D eigenvalue weighted by Crippen LogP contribution is 2.17. The van der Waals surface area contributed by atoms with Gasteiger partial charge in [0.15, 0.2) is 0 Å². The molecular weight excluding hydrogens is 298 g/mol. The van der Waals surface area contributed by atoms with Crippen LogP contribution in [0.5, 0.6) is 0 Å². The van der Waals surface area contributed by atoms with Crippen molar-refractivity contribution in [2.75, 3.05) is 5.75 Å². The summed E-state index contributed by atoms with van der Waals surface area (Å²) < 4.78 is 0. The van der Waals surface area contributed by atoms with Crippen LogP contribution in [0.4, 0.5) is 0 Å². The van der Waals surface area contributed by atoms with Gasteiger partial charge in [0.1, 0.15) is 6.04 Å². The van der Waals surface area contributed by atoms with Crippen LogP contribution >= 0.6 is 12.6 Å². The molecule has 2 bridgehead atoms. The third-order valence-electron chi connectivity index (χ3n) is 4.14. The molecule has 2 rings (SSSR count). The van der Waals surface area contributed by atoms with Crippen molar-refractivity contribution in [1.82, 2.24) is 5.32 Å². The maximum atomic E-state index is 12.3. The Morgan fingerprint density at radius 1 is 1.27 bits per heavy atom. The zero-order chi connectivity index (χ0) is 15.9. The number of benzene rings is 1. The monoisotopic (exact) mass is 321 g/mol. The van der Waals surface area contributed by atoms with E-state index in [0.29, 0.717) is 18.6 Å². The fraction of sp³-hybridized carbons (Fsp3) is 0.529. The van der Waals surface area contributed by atoms with Crippen LogP contribution in [0.1, 0.15) is 36.8 Å². The van der Waals surface area contributed by atoms with Crippen LogP contribution in [-0.4, -0.2) is 28.8 Å². The summed E-state index contributed by atoms with van der Waals surface area (Å²) in [5, 5.41) is 11.9. The number of aliphatic carboxylic acids is 1. The second kappa shape index (κ2) is 8.22. The lowest BCUT2D eigenvalue weighted by Gasteiger charge is -2.19. The molecule has 0 saturated heterocycles. The van der Waals surface area contributed by atoms with Crippen molar-refractivity contribution < 1.29 is 14.7 Å². The van der Waals surface area contributed by atoms with Gasteiger partial charge in [0.25, 0.3) is 0 Å². The first-order valence-corrected chi connectivity index (χ1v) is 8.45. The van der Waals surface area contributed by atoms with Gasteiger partial charge in [0.2, 0.25) is 5.91 Å². The number of thiol groups is 1. The van der Waals surface area contributed by atoms with Crippen LogP contribution in [0.25, 0.3) is 0 Å². The number of amides is 1. The molecule has 2 N–H and O–H groups in total. The molecule has 0 aliphatic carbocycles. The molecule has 0 spiro atoms. The van der Waals surface area contributed by atoms with Gasteiger partial charge in [-0.05, 0) is 36.8 Å². The quantitative estimate of drug-likeness (QED) is 0.733. The van der Waals surface area contributed by atoms with Gasteiger partial charge in [-0.3, -0.25) is 4.79 Å². The van der Waals surface area contributed by atoms with E-state index >= 15 is 0 Å². The number of carbonyl (C=O) groups is 2. The maximum Gasteiger partial charge on any atom is 0.326 e. The smallest absolute Gasteiger partial charge is 0.326 e. The second-order valence-corrected chi connectivity index (χ2v) is 6.27. The molecule has 1 heterocycles. The molecule has 2 atom stereocenters. The van der Waals surface area contributed by atoms with E-state index in [1.54, 1.807) is 0 Å². The fourth-order valence-corrected chi connectivity index (χ4v) is 3.13. The number of aryl methyl sites for hydroxylation is 1. The van der Waals surface area contributed by atoms with E-state index < -0.39 is 12.0 Å². The van der Waals surface area contributed by atoms with Crippen LogP contribution in [0.15, 0.2) is 24.3 Å². The Morgan fingerprint density at radius 2 is 2.05 bits per heavy atom. The van der Waals surface area contributed by atoms with Gasteiger partial charge in [-0.1, -0.05) is 37.1 Å². The number of rotatable bonds is 2. The van der Waals surface area contributed by atoms with Crippen LogP contribution in [0, 0.1) is 5.92 Å². The number of carboxylic acids is 1. The first kappa shape index (κ1) is 16.9. The molecule has 22 heavy (non-hydrogen) atoms. The molecule has 4 nitrogen and oxygen atoms in total. The van der Waals surface area contributed by atoms with Crippen molar-refractivity contribution in [1.29, 1.82) is 0 Å². The van der Waals surface area contributed by atoms with Crippen LogP contribution in [0.2, 0.25) is 0 Å². The van der Waals surface area contributed by atoms with Crippen LogP contribution < -0.4 is 5.32 Å². The summed E-state index contributed by atoms with van der Waals surface area (Å²) in [7, 11) is 0. The van der Waals surface area contributed by atoms with Crippen molar-refractivity contribution in [2.24, 2.45) is 5.92 Å². The average Bonchev–Trinajstić information content (AvgIpc) is 2.51. The molecule has 1 aliphatic heterocycles. The largest absolute Gasteiger partial charge is 0.480 e. The van der Waals surface area contributed by atoms with E-state index in [1.165, 1.54) is 5.56 Å². The maximum absolute atomic E-state index is 12.3. The van der Waals surface area contributed by atoms with E-state index in [-0.39, 0.29) is 11.8 Å². The van der Waals surface area contributed by atoms with Gasteiger partial charge in [0.05, 0.1) is 5.92 Å². The minimum atomic E-state index is -0.957. The van der Waals surface area contributed by atoms with Gasteiger partial charge < -0.3 is 10.4 Å². The molecule has 1 aromatic carbocycles. The van der Waals surface area contributed by atoms with Crippen LogP contribution in [-0.2, 0) is 22.4 Å². The highest BCUT2D eigenvalue weighted by atomic mass is 32.1. The standard InChI is InChI=1S/C17H23NO3S/c19-16-14(11-22)10-13-7-4-6-12(9-13)5-2-1-3-8-15(18-16)17(20)21/h4,6-7,9,14-15,22H,1-3,5,8,10-11H2,(H,18,19)(H,20,21)/t14?,15-/m0/s1. The second-order valence-electron chi connectivity index (χ2n) is 5.90. The van der Waals surface area contributed by atoms with Gasteiger partial charge >= 0.3 is 5.97 Å². The Labute approximate surface area is 136 Å². The van der Waals surface area contributed by atoms with Gasteiger partial charge in [-0.2, -0.15) is 12.6 Å². The first-order valence-electron chi connectivity index (χ1n) is 7.82. The summed E-state index contributed by atoms with van der Waals surface area (Å²) >= 11 is 4.26. The minimum Gasteiger partial charge on any atom is -0.480 e. The van der Waals surface area contributed by atoms with Gasteiger partial charge in [0, 0.05) is 5.75 Å². The topological polar surface area (TPSA) is 66.4 Å². The van der Waals surface area contributed by atoms with Crippen molar-refractivity contribution in [3.05, 3.63) is 35.4 Å². The molecule has 0 fully saturated rings. The summed E-state index contributed by atoms with van der Waals surface area (Å²) in [4.78, 5) is 23.6. The molecule has 0 aromatic heterocycles. The lowest BCUT2D eigenvalue weighted by Crippen LogP contribution is -2.44. The summed E-state index contributed by atoms with van der Waals surface area (Å²) in [6, 6.07) is 7.51. The van der Waals surface area contributed by atoms with E-state index in [1.807, 2.05) is 12.1 Å². The van der Waals surface area contributed by atoms with Gasteiger partial charge in [-0.15, -0.1) is 0 Å². The number of fused-ring (bicyclic) bond motifs is 2. The molecular formula is C17H23NO3S. The minimum absolute atomic E-state index is 0.216. The summed E-state index contributed by atoms with van der Waals surface area (Å²) in [5.74, 6) is -1.07. The molecule has 120 valence electrons. The highest BCUT2D eigenvalue weighted by molar-refractivity contribution is 7.80. The Hall–Kier alpha value is -1.49. The average molecular weight is 321 g/mol. The molecule has 5 heteroatoms. The SMILES string of the molecule is O=C1N[C@H](C(=O)O)CCCCCc2cccc(c2)CC1CS. The first-order chi connectivity index (χ1) is 10.6. The fourth-order valence-electron chi connectivity index (χ4n) is 2.84. The molecule has 1 aromatic rings. The number of nitrogens with one attached hydrogen (secondary N) is 1. The van der Waals surface area contributed by atoms with Gasteiger partial charge in [-0.25, -0.2) is 4.79 Å². The molecule has 0 radical (unpaired) electrons. The molecule has 1 amide bonds. The Balaban J connectivity index is 2.19.